The van der Waals surface area contributed by atoms with E-state index < -0.39 is 0 Å². The normalized spacial score (nSPS) is 24.0. The van der Waals surface area contributed by atoms with Crippen LogP contribution in [0, 0.1) is 12.8 Å². The number of hydrogen-bond donors (Lipinski definition) is 2. The molecule has 2 amide bonds. The van der Waals surface area contributed by atoms with E-state index in [4.69, 9.17) is 0 Å². The molecule has 2 fully saturated rings. The molecule has 2 N–H and O–H groups in total. The van der Waals surface area contributed by atoms with Crippen LogP contribution in [0.4, 0.5) is 5.69 Å². The number of carbonyl (C=O) groups excluding carboxylic acids is 2. The van der Waals surface area contributed by atoms with Crippen LogP contribution in [0.5, 0.6) is 0 Å². The van der Waals surface area contributed by atoms with Gasteiger partial charge in [-0.3, -0.25) is 9.59 Å². The smallest absolute Gasteiger partial charge is 0.240 e. The first kappa shape index (κ1) is 16.3. The first-order valence-corrected chi connectivity index (χ1v) is 9.24. The highest BCUT2D eigenvalue weighted by atomic mass is 32.2. The molecule has 0 saturated carbocycles. The predicted octanol–water partition coefficient (Wildman–Crippen LogP) is 1.83. The molecule has 2 aliphatic heterocycles. The second kappa shape index (κ2) is 7.36. The van der Waals surface area contributed by atoms with Crippen molar-refractivity contribution in [3.63, 3.8) is 0 Å². The summed E-state index contributed by atoms with van der Waals surface area (Å²) in [5.41, 5.74) is 2.00. The van der Waals surface area contributed by atoms with Gasteiger partial charge in [-0.2, -0.15) is 0 Å². The van der Waals surface area contributed by atoms with Crippen molar-refractivity contribution in [3.05, 3.63) is 29.8 Å². The minimum absolute atomic E-state index is 0.0190. The number of nitrogens with one attached hydrogen (secondary N) is 2. The summed E-state index contributed by atoms with van der Waals surface area (Å²) in [5.74, 6) is 2.27. The van der Waals surface area contributed by atoms with Gasteiger partial charge in [0.2, 0.25) is 11.8 Å². The topological polar surface area (TPSA) is 61.4 Å². The molecule has 2 unspecified atom stereocenters. The zero-order valence-corrected chi connectivity index (χ0v) is 14.2. The van der Waals surface area contributed by atoms with E-state index in [1.54, 1.807) is 11.8 Å². The van der Waals surface area contributed by atoms with Crippen molar-refractivity contribution in [2.45, 2.75) is 25.8 Å². The number of carbonyl (C=O) groups is 2. The molecule has 0 aliphatic carbocycles. The fraction of sp³-hybridized carbons (Fsp3) is 0.529. The third kappa shape index (κ3) is 4.26. The fourth-order valence-electron chi connectivity index (χ4n) is 3.07. The van der Waals surface area contributed by atoms with Gasteiger partial charge < -0.3 is 15.5 Å². The number of anilines is 1. The maximum absolute atomic E-state index is 12.4. The van der Waals surface area contributed by atoms with Gasteiger partial charge in [0.1, 0.15) is 0 Å². The third-order valence-electron chi connectivity index (χ3n) is 4.39. The predicted molar refractivity (Wildman–Crippen MR) is 93.4 cm³/mol. The molecule has 2 atom stereocenters. The minimum Gasteiger partial charge on any atom is -0.331 e. The molecular weight excluding hydrogens is 310 g/mol. The lowest BCUT2D eigenvalue weighted by Crippen LogP contribution is -2.42. The molecule has 2 aliphatic rings. The van der Waals surface area contributed by atoms with Crippen LogP contribution in [0.3, 0.4) is 0 Å². The first-order valence-electron chi connectivity index (χ1n) is 8.08. The van der Waals surface area contributed by atoms with E-state index in [0.29, 0.717) is 6.42 Å². The Kier molecular flexibility index (Phi) is 5.23. The molecule has 0 radical (unpaired) electrons. The largest absolute Gasteiger partial charge is 0.331 e. The molecule has 5 nitrogen and oxygen atoms in total. The van der Waals surface area contributed by atoms with Crippen LogP contribution in [0.1, 0.15) is 18.4 Å². The second-order valence-corrected chi connectivity index (χ2v) is 7.39. The lowest BCUT2D eigenvalue weighted by Gasteiger charge is -2.19. The van der Waals surface area contributed by atoms with Crippen molar-refractivity contribution in [2.75, 3.05) is 30.0 Å². The van der Waals surface area contributed by atoms with Gasteiger partial charge in [0.25, 0.3) is 0 Å². The molecule has 23 heavy (non-hydrogen) atoms. The quantitative estimate of drug-likeness (QED) is 0.882. The number of rotatable bonds is 4. The van der Waals surface area contributed by atoms with E-state index in [0.717, 1.165) is 36.8 Å². The lowest BCUT2D eigenvalue weighted by atomic mass is 10.0. The highest BCUT2D eigenvalue weighted by molar-refractivity contribution is 7.99. The van der Waals surface area contributed by atoms with Gasteiger partial charge in [-0.1, -0.05) is 17.7 Å². The summed E-state index contributed by atoms with van der Waals surface area (Å²) in [6.45, 7) is 3.60. The van der Waals surface area contributed by atoms with Crippen molar-refractivity contribution >= 4 is 29.3 Å². The summed E-state index contributed by atoms with van der Waals surface area (Å²) in [6.07, 6.45) is 1.21. The van der Waals surface area contributed by atoms with E-state index in [1.165, 1.54) is 5.56 Å². The number of thioether (sulfide) groups is 1. The molecule has 6 heteroatoms. The number of aryl methyl sites for hydroxylation is 1. The summed E-state index contributed by atoms with van der Waals surface area (Å²) in [5, 5.41) is 6.21. The number of benzene rings is 1. The molecule has 0 aromatic heterocycles. The van der Waals surface area contributed by atoms with Crippen molar-refractivity contribution in [2.24, 2.45) is 5.92 Å². The average Bonchev–Trinajstić information content (AvgIpc) is 3.20. The van der Waals surface area contributed by atoms with E-state index in [1.807, 2.05) is 36.1 Å². The highest BCUT2D eigenvalue weighted by Crippen LogP contribution is 2.22. The van der Waals surface area contributed by atoms with Crippen molar-refractivity contribution in [1.82, 2.24) is 10.2 Å². The maximum Gasteiger partial charge on any atom is 0.240 e. The number of amides is 2. The standard InChI is InChI=1S/C17H23N3O2S/c1-12-2-4-14(5-3-12)19-16(21)9-13-8-15(18-10-13)17(22)20-6-7-23-11-20/h2-5,13,15,18H,6-11H2,1H3,(H,19,21). The molecule has 0 bridgehead atoms. The summed E-state index contributed by atoms with van der Waals surface area (Å²) in [4.78, 5) is 26.4. The molecule has 0 spiro atoms. The highest BCUT2D eigenvalue weighted by Gasteiger charge is 2.34. The van der Waals surface area contributed by atoms with E-state index >= 15 is 0 Å². The first-order chi connectivity index (χ1) is 11.1. The number of nitrogens with zero attached hydrogens (tertiary/aromatic N) is 1. The lowest BCUT2D eigenvalue weighted by molar-refractivity contribution is -0.131. The van der Waals surface area contributed by atoms with Gasteiger partial charge in [0.05, 0.1) is 11.9 Å². The van der Waals surface area contributed by atoms with Crippen LogP contribution in [0.15, 0.2) is 24.3 Å². The molecule has 2 heterocycles. The van der Waals surface area contributed by atoms with Gasteiger partial charge in [-0.25, -0.2) is 0 Å². The van der Waals surface area contributed by atoms with Crippen LogP contribution in [-0.2, 0) is 9.59 Å². The zero-order valence-electron chi connectivity index (χ0n) is 13.4. The van der Waals surface area contributed by atoms with Gasteiger partial charge in [-0.05, 0) is 37.9 Å². The van der Waals surface area contributed by atoms with Gasteiger partial charge in [-0.15, -0.1) is 11.8 Å². The summed E-state index contributed by atoms with van der Waals surface area (Å²) in [7, 11) is 0. The monoisotopic (exact) mass is 333 g/mol. The van der Waals surface area contributed by atoms with Crippen LogP contribution in [0.25, 0.3) is 0 Å². The average molecular weight is 333 g/mol. The molecule has 124 valence electrons. The maximum atomic E-state index is 12.4. The Morgan fingerprint density at radius 3 is 2.83 bits per heavy atom. The Balaban J connectivity index is 1.46. The molecule has 2 saturated heterocycles. The van der Waals surface area contributed by atoms with E-state index in [-0.39, 0.29) is 23.8 Å². The Bertz CT molecular complexity index is 570. The minimum atomic E-state index is -0.120. The summed E-state index contributed by atoms with van der Waals surface area (Å²) >= 11 is 1.80. The summed E-state index contributed by atoms with van der Waals surface area (Å²) in [6, 6.07) is 7.67. The molecule has 3 rings (SSSR count). The van der Waals surface area contributed by atoms with Gasteiger partial charge in [0, 0.05) is 24.4 Å². The number of hydrogen-bond acceptors (Lipinski definition) is 4. The van der Waals surface area contributed by atoms with E-state index in [9.17, 15) is 9.59 Å². The van der Waals surface area contributed by atoms with Crippen LogP contribution in [0.2, 0.25) is 0 Å². The van der Waals surface area contributed by atoms with Gasteiger partial charge >= 0.3 is 0 Å². The van der Waals surface area contributed by atoms with Crippen molar-refractivity contribution < 1.29 is 9.59 Å². The Morgan fingerprint density at radius 2 is 2.13 bits per heavy atom. The Morgan fingerprint density at radius 1 is 1.35 bits per heavy atom. The summed E-state index contributed by atoms with van der Waals surface area (Å²) < 4.78 is 0. The van der Waals surface area contributed by atoms with E-state index in [2.05, 4.69) is 10.6 Å². The van der Waals surface area contributed by atoms with Crippen LogP contribution >= 0.6 is 11.8 Å². The zero-order chi connectivity index (χ0) is 16.2. The van der Waals surface area contributed by atoms with Gasteiger partial charge in [0.15, 0.2) is 0 Å². The Hall–Kier alpha value is -1.53. The second-order valence-electron chi connectivity index (χ2n) is 6.32. The van der Waals surface area contributed by atoms with Crippen molar-refractivity contribution in [1.29, 1.82) is 0 Å². The third-order valence-corrected chi connectivity index (χ3v) is 5.36. The molecule has 1 aromatic carbocycles. The molecule has 1 aromatic rings. The molecular formula is C17H23N3O2S. The van der Waals surface area contributed by atoms with Crippen molar-refractivity contribution in [3.8, 4) is 0 Å². The van der Waals surface area contributed by atoms with Crippen LogP contribution in [-0.4, -0.2) is 47.5 Å². The Labute approximate surface area is 141 Å². The fourth-order valence-corrected chi connectivity index (χ4v) is 4.03. The van der Waals surface area contributed by atoms with Crippen LogP contribution < -0.4 is 10.6 Å². The SMILES string of the molecule is Cc1ccc(NC(=O)CC2CNC(C(=O)N3CCSC3)C2)cc1.